The van der Waals surface area contributed by atoms with Crippen LogP contribution in [0.25, 0.3) is 0 Å². The van der Waals surface area contributed by atoms with Crippen molar-refractivity contribution in [3.63, 3.8) is 0 Å². The van der Waals surface area contributed by atoms with Gasteiger partial charge in [0.15, 0.2) is 0 Å². The molecular weight excluding hydrogens is 242 g/mol. The molecule has 1 aromatic heterocycles. The van der Waals surface area contributed by atoms with Crippen LogP contribution in [-0.2, 0) is 10.0 Å². The van der Waals surface area contributed by atoms with Crippen LogP contribution in [0.2, 0.25) is 0 Å². The summed E-state index contributed by atoms with van der Waals surface area (Å²) in [5.41, 5.74) is 0. The Morgan fingerprint density at radius 1 is 1.47 bits per heavy atom. The Kier molecular flexibility index (Phi) is 4.86. The minimum absolute atomic E-state index is 0.0637. The molecule has 0 saturated heterocycles. The summed E-state index contributed by atoms with van der Waals surface area (Å²) in [6.07, 6.45) is 2.25. The van der Waals surface area contributed by atoms with E-state index in [1.807, 2.05) is 19.0 Å². The van der Waals surface area contributed by atoms with E-state index in [9.17, 15) is 8.42 Å². The van der Waals surface area contributed by atoms with E-state index in [-0.39, 0.29) is 10.8 Å². The molecule has 1 heterocycles. The fourth-order valence-corrected chi connectivity index (χ4v) is 1.87. The van der Waals surface area contributed by atoms with E-state index in [2.05, 4.69) is 4.98 Å². The first kappa shape index (κ1) is 13.9. The van der Waals surface area contributed by atoms with E-state index >= 15 is 0 Å². The maximum absolute atomic E-state index is 11.2. The van der Waals surface area contributed by atoms with Gasteiger partial charge in [-0.1, -0.05) is 0 Å². The van der Waals surface area contributed by atoms with E-state index in [4.69, 9.17) is 9.88 Å². The van der Waals surface area contributed by atoms with Crippen LogP contribution in [-0.4, -0.2) is 45.5 Å². The molecule has 0 unspecified atom stereocenters. The Labute approximate surface area is 101 Å². The number of nitrogens with zero attached hydrogens (tertiary/aromatic N) is 2. The normalized spacial score (nSPS) is 11.8. The van der Waals surface area contributed by atoms with Crippen molar-refractivity contribution in [1.29, 1.82) is 0 Å². The number of sulfonamides is 1. The number of pyridine rings is 1. The van der Waals surface area contributed by atoms with E-state index in [1.54, 1.807) is 0 Å². The van der Waals surface area contributed by atoms with Gasteiger partial charge in [-0.05, 0) is 32.6 Å². The van der Waals surface area contributed by atoms with Gasteiger partial charge >= 0.3 is 0 Å². The Bertz CT molecular complexity index is 460. The van der Waals surface area contributed by atoms with Crippen molar-refractivity contribution in [2.75, 3.05) is 27.2 Å². The summed E-state index contributed by atoms with van der Waals surface area (Å²) < 4.78 is 27.8. The van der Waals surface area contributed by atoms with Crippen molar-refractivity contribution < 1.29 is 13.2 Å². The second-order valence-corrected chi connectivity index (χ2v) is 5.39. The van der Waals surface area contributed by atoms with Gasteiger partial charge in [0.2, 0.25) is 15.9 Å². The summed E-state index contributed by atoms with van der Waals surface area (Å²) in [6.45, 7) is 1.26. The molecule has 0 aromatic carbocycles. The number of hydrogen-bond donors (Lipinski definition) is 1. The van der Waals surface area contributed by atoms with E-state index < -0.39 is 10.0 Å². The highest BCUT2D eigenvalue weighted by Gasteiger charge is 2.15. The van der Waals surface area contributed by atoms with Crippen LogP contribution in [0.5, 0.6) is 5.88 Å². The largest absolute Gasteiger partial charge is 0.477 e. The lowest BCUT2D eigenvalue weighted by molar-refractivity contribution is 0.267. The zero-order valence-electron chi connectivity index (χ0n) is 9.96. The van der Waals surface area contributed by atoms with Gasteiger partial charge in [0, 0.05) is 12.7 Å². The Balaban J connectivity index is 2.65. The number of rotatable bonds is 6. The van der Waals surface area contributed by atoms with Gasteiger partial charge in [-0.3, -0.25) is 0 Å². The van der Waals surface area contributed by atoms with Crippen LogP contribution >= 0.6 is 0 Å². The van der Waals surface area contributed by atoms with Gasteiger partial charge in [0.25, 0.3) is 0 Å². The molecule has 0 radical (unpaired) electrons. The molecule has 0 fully saturated rings. The maximum Gasteiger partial charge on any atom is 0.243 e. The number of aromatic nitrogens is 1. The lowest BCUT2D eigenvalue weighted by Gasteiger charge is -2.11. The van der Waals surface area contributed by atoms with Gasteiger partial charge in [0.05, 0.1) is 6.61 Å². The van der Waals surface area contributed by atoms with Gasteiger partial charge in [-0.25, -0.2) is 18.5 Å². The number of ether oxygens (including phenoxy) is 1. The molecule has 7 heteroatoms. The van der Waals surface area contributed by atoms with Crippen LogP contribution in [0.3, 0.4) is 0 Å². The second-order valence-electron chi connectivity index (χ2n) is 3.86. The molecule has 96 valence electrons. The fraction of sp³-hybridized carbons (Fsp3) is 0.500. The highest BCUT2D eigenvalue weighted by molar-refractivity contribution is 7.89. The monoisotopic (exact) mass is 259 g/mol. The average molecular weight is 259 g/mol. The lowest BCUT2D eigenvalue weighted by Crippen LogP contribution is -2.17. The van der Waals surface area contributed by atoms with Crippen LogP contribution in [0.1, 0.15) is 6.42 Å². The van der Waals surface area contributed by atoms with Crippen molar-refractivity contribution in [3.8, 4) is 5.88 Å². The summed E-state index contributed by atoms with van der Waals surface area (Å²) >= 11 is 0. The van der Waals surface area contributed by atoms with Crippen molar-refractivity contribution in [2.24, 2.45) is 5.14 Å². The molecule has 0 aliphatic heterocycles. The highest BCUT2D eigenvalue weighted by atomic mass is 32.2. The first-order chi connectivity index (χ1) is 7.91. The predicted octanol–water partition coefficient (Wildman–Crippen LogP) is 0.0595. The summed E-state index contributed by atoms with van der Waals surface area (Å²) in [7, 11) is 0.125. The zero-order valence-corrected chi connectivity index (χ0v) is 10.8. The molecule has 0 aliphatic carbocycles. The van der Waals surface area contributed by atoms with E-state index in [0.29, 0.717) is 6.61 Å². The second kappa shape index (κ2) is 5.95. The van der Waals surface area contributed by atoms with Crippen molar-refractivity contribution in [1.82, 2.24) is 9.88 Å². The number of primary sulfonamides is 1. The predicted molar refractivity (Wildman–Crippen MR) is 64.3 cm³/mol. The number of hydrogen-bond acceptors (Lipinski definition) is 5. The first-order valence-electron chi connectivity index (χ1n) is 5.16. The molecule has 2 N–H and O–H groups in total. The van der Waals surface area contributed by atoms with Gasteiger partial charge < -0.3 is 9.64 Å². The Morgan fingerprint density at radius 2 is 2.18 bits per heavy atom. The minimum atomic E-state index is -3.78. The minimum Gasteiger partial charge on any atom is -0.477 e. The molecular formula is C10H17N3O3S. The van der Waals surface area contributed by atoms with E-state index in [1.165, 1.54) is 18.3 Å². The zero-order chi connectivity index (χ0) is 12.9. The molecule has 1 rings (SSSR count). The fourth-order valence-electron chi connectivity index (χ4n) is 1.25. The Hall–Kier alpha value is -1.18. The van der Waals surface area contributed by atoms with Gasteiger partial charge in [-0.2, -0.15) is 0 Å². The highest BCUT2D eigenvalue weighted by Crippen LogP contribution is 2.18. The average Bonchev–Trinajstić information content (AvgIpc) is 2.23. The van der Waals surface area contributed by atoms with Crippen LogP contribution in [0, 0.1) is 0 Å². The molecule has 6 nitrogen and oxygen atoms in total. The van der Waals surface area contributed by atoms with Crippen LogP contribution < -0.4 is 9.88 Å². The molecule has 0 aliphatic rings. The smallest absolute Gasteiger partial charge is 0.243 e. The summed E-state index contributed by atoms with van der Waals surface area (Å²) in [5, 5.41) is 5.05. The molecule has 0 amide bonds. The van der Waals surface area contributed by atoms with Gasteiger partial charge in [-0.15, -0.1) is 0 Å². The number of nitrogens with two attached hydrogens (primary N) is 1. The standard InChI is InChI=1S/C10H17N3O3S/c1-13(2)7-4-8-16-10-9(17(11,14)15)5-3-6-12-10/h3,5-6H,4,7-8H2,1-2H3,(H2,11,14,15). The summed E-state index contributed by atoms with van der Waals surface area (Å²) in [5.74, 6) is 0.0637. The quantitative estimate of drug-likeness (QED) is 0.730. The van der Waals surface area contributed by atoms with Crippen LogP contribution in [0.4, 0.5) is 0 Å². The SMILES string of the molecule is CN(C)CCCOc1ncccc1S(N)(=O)=O. The maximum atomic E-state index is 11.2. The molecule has 17 heavy (non-hydrogen) atoms. The third kappa shape index (κ3) is 4.68. The van der Waals surface area contributed by atoms with E-state index in [0.717, 1.165) is 13.0 Å². The third-order valence-corrected chi connectivity index (χ3v) is 2.95. The third-order valence-electron chi connectivity index (χ3n) is 2.03. The first-order valence-corrected chi connectivity index (χ1v) is 6.71. The molecule has 0 bridgehead atoms. The van der Waals surface area contributed by atoms with Crippen molar-refractivity contribution in [3.05, 3.63) is 18.3 Å². The molecule has 0 saturated carbocycles. The topological polar surface area (TPSA) is 85.5 Å². The summed E-state index contributed by atoms with van der Waals surface area (Å²) in [4.78, 5) is 5.80. The van der Waals surface area contributed by atoms with Gasteiger partial charge in [0.1, 0.15) is 4.90 Å². The molecule has 1 aromatic rings. The molecule has 0 atom stereocenters. The van der Waals surface area contributed by atoms with Crippen molar-refractivity contribution >= 4 is 10.0 Å². The van der Waals surface area contributed by atoms with Crippen LogP contribution in [0.15, 0.2) is 23.2 Å². The lowest BCUT2D eigenvalue weighted by atomic mass is 10.4. The molecule has 0 spiro atoms. The van der Waals surface area contributed by atoms with Crippen molar-refractivity contribution in [2.45, 2.75) is 11.3 Å². The summed E-state index contributed by atoms with van der Waals surface area (Å²) in [6, 6.07) is 2.88. The Morgan fingerprint density at radius 3 is 2.76 bits per heavy atom.